The van der Waals surface area contributed by atoms with Crippen LogP contribution in [0, 0.1) is 0 Å². The first kappa shape index (κ1) is 39.8. The molecule has 24 nitrogen and oxygen atoms in total. The van der Waals surface area contributed by atoms with E-state index < -0.39 is 97.6 Å². The summed E-state index contributed by atoms with van der Waals surface area (Å²) >= 11 is 0. The van der Waals surface area contributed by atoms with E-state index >= 15 is 0 Å². The van der Waals surface area contributed by atoms with Gasteiger partial charge in [-0.3, -0.25) is 38.4 Å². The molecule has 4 aromatic heterocycles. The third-order valence-corrected chi connectivity index (χ3v) is 8.22. The summed E-state index contributed by atoms with van der Waals surface area (Å²) in [6, 6.07) is -4.99. The standard InChI is InChI=1S/C32H40N16O8/c49-25-9-38-30(54)22(2-18-6-34-14-42-18)47-27(51)11-40-32(56)24(4-20-8-36-16-44-20)48-28(52)12-39-31(55)23(3-19-7-35-15-43-19)46-26(50)10-37-29(53)21(45-25)1-17-5-33-13-41-17/h5-8,13-16,21-24H,1-4,9-12H2,(H,33,41)(H,34,42)(H,35,43)(H,36,44)(H,37,53)(H,38,54)(H,39,55)(H,40,56)(H,45,49)(H,46,50)(H,47,51)(H,48,52)/t21-,22-,23-,24-/m0/s1. The smallest absolute Gasteiger partial charge is 0.243 e. The summed E-state index contributed by atoms with van der Waals surface area (Å²) in [7, 11) is 0. The lowest BCUT2D eigenvalue weighted by Gasteiger charge is -2.22. The molecule has 296 valence electrons. The van der Waals surface area contributed by atoms with Crippen LogP contribution in [0.2, 0.25) is 0 Å². The molecule has 1 aliphatic heterocycles. The molecule has 5 rings (SSSR count). The van der Waals surface area contributed by atoms with E-state index in [0.717, 1.165) is 0 Å². The second kappa shape index (κ2) is 19.6. The number of nitrogens with one attached hydrogen (secondary N) is 12. The Balaban J connectivity index is 1.35. The average molecular weight is 777 g/mol. The van der Waals surface area contributed by atoms with Gasteiger partial charge in [-0.15, -0.1) is 0 Å². The van der Waals surface area contributed by atoms with Crippen LogP contribution >= 0.6 is 0 Å². The van der Waals surface area contributed by atoms with Crippen molar-refractivity contribution in [1.82, 2.24) is 82.4 Å². The van der Waals surface area contributed by atoms with Gasteiger partial charge >= 0.3 is 0 Å². The van der Waals surface area contributed by atoms with E-state index in [1.165, 1.54) is 50.1 Å². The van der Waals surface area contributed by atoms with Crippen molar-refractivity contribution in [3.8, 4) is 0 Å². The van der Waals surface area contributed by atoms with Crippen molar-refractivity contribution in [2.75, 3.05) is 26.2 Å². The van der Waals surface area contributed by atoms with Gasteiger partial charge in [-0.1, -0.05) is 0 Å². The van der Waals surface area contributed by atoms with E-state index in [9.17, 15) is 38.4 Å². The first-order valence-corrected chi connectivity index (χ1v) is 17.2. The van der Waals surface area contributed by atoms with E-state index in [2.05, 4.69) is 82.4 Å². The van der Waals surface area contributed by atoms with Crippen molar-refractivity contribution >= 4 is 47.3 Å². The van der Waals surface area contributed by atoms with Crippen molar-refractivity contribution < 1.29 is 38.4 Å². The molecular formula is C32H40N16O8. The minimum Gasteiger partial charge on any atom is -0.348 e. The van der Waals surface area contributed by atoms with E-state index in [-0.39, 0.29) is 25.7 Å². The monoisotopic (exact) mass is 776 g/mol. The zero-order valence-corrected chi connectivity index (χ0v) is 29.6. The number of hydrogen-bond acceptors (Lipinski definition) is 12. The van der Waals surface area contributed by atoms with Crippen LogP contribution in [0.25, 0.3) is 0 Å². The summed E-state index contributed by atoms with van der Waals surface area (Å²) in [4.78, 5) is 132. The number of hydrogen-bond donors (Lipinski definition) is 12. The van der Waals surface area contributed by atoms with Crippen LogP contribution in [0.1, 0.15) is 22.8 Å². The number of aromatic nitrogens is 8. The zero-order valence-electron chi connectivity index (χ0n) is 29.6. The first-order chi connectivity index (χ1) is 27.0. The van der Waals surface area contributed by atoms with Crippen molar-refractivity contribution in [2.24, 2.45) is 0 Å². The zero-order chi connectivity index (χ0) is 39.9. The summed E-state index contributed by atoms with van der Waals surface area (Å²) < 4.78 is 0. The molecule has 0 bridgehead atoms. The summed E-state index contributed by atoms with van der Waals surface area (Å²) in [6.45, 7) is -2.45. The number of aromatic amines is 4. The molecule has 4 aromatic rings. The number of rotatable bonds is 8. The van der Waals surface area contributed by atoms with E-state index in [1.807, 2.05) is 0 Å². The van der Waals surface area contributed by atoms with Crippen molar-refractivity contribution in [1.29, 1.82) is 0 Å². The molecule has 0 aromatic carbocycles. The molecule has 0 unspecified atom stereocenters. The Labute approximate surface area is 316 Å². The van der Waals surface area contributed by atoms with Gasteiger partial charge in [0.2, 0.25) is 47.3 Å². The Kier molecular flexibility index (Phi) is 13.9. The molecule has 1 fully saturated rings. The largest absolute Gasteiger partial charge is 0.348 e. The molecule has 12 N–H and O–H groups in total. The van der Waals surface area contributed by atoms with Gasteiger partial charge in [-0.05, 0) is 0 Å². The lowest BCUT2D eigenvalue weighted by molar-refractivity contribution is -0.133. The molecule has 5 heterocycles. The van der Waals surface area contributed by atoms with Crippen LogP contribution in [0.5, 0.6) is 0 Å². The van der Waals surface area contributed by atoms with Crippen molar-refractivity contribution in [3.63, 3.8) is 0 Å². The summed E-state index contributed by atoms with van der Waals surface area (Å²) in [5.41, 5.74) is 1.87. The van der Waals surface area contributed by atoms with E-state index in [0.29, 0.717) is 22.8 Å². The Bertz CT molecular complexity index is 1670. The van der Waals surface area contributed by atoms with Crippen LogP contribution in [-0.4, -0.2) is 137 Å². The quantitative estimate of drug-likeness (QED) is 0.0797. The highest BCUT2D eigenvalue weighted by Gasteiger charge is 2.29. The van der Waals surface area contributed by atoms with Gasteiger partial charge in [0.15, 0.2) is 0 Å². The lowest BCUT2D eigenvalue weighted by Crippen LogP contribution is -2.56. The maximum Gasteiger partial charge on any atom is 0.243 e. The highest BCUT2D eigenvalue weighted by molar-refractivity contribution is 5.96. The fourth-order valence-corrected chi connectivity index (χ4v) is 5.45. The second-order valence-corrected chi connectivity index (χ2v) is 12.5. The predicted octanol–water partition coefficient (Wildman–Crippen LogP) is -5.73. The van der Waals surface area contributed by atoms with E-state index in [4.69, 9.17) is 0 Å². The van der Waals surface area contributed by atoms with Gasteiger partial charge < -0.3 is 62.5 Å². The first-order valence-electron chi connectivity index (χ1n) is 17.2. The molecule has 1 saturated heterocycles. The lowest BCUT2D eigenvalue weighted by atomic mass is 10.1. The molecule has 8 amide bonds. The summed E-state index contributed by atoms with van der Waals surface area (Å²) in [6.07, 6.45) is 10.9. The second-order valence-electron chi connectivity index (χ2n) is 12.5. The van der Waals surface area contributed by atoms with Gasteiger partial charge in [-0.25, -0.2) is 19.9 Å². The SMILES string of the molecule is O=C1CNC(=O)[C@H](Cc2cnc[nH]2)NC(=O)CNC(=O)[C@H](Cc2cnc[nH]2)NC(=O)CNC(=O)[C@H](Cc2cnc[nH]2)NC(=O)CNC(=O)[C@H](Cc2cnc[nH]2)N1. The highest BCUT2D eigenvalue weighted by Crippen LogP contribution is 2.04. The minimum atomic E-state index is -1.25. The van der Waals surface area contributed by atoms with Crippen LogP contribution in [0.15, 0.2) is 50.1 Å². The maximum atomic E-state index is 13.3. The fraction of sp³-hybridized carbons (Fsp3) is 0.375. The number of carbonyl (C=O) groups is 8. The summed E-state index contributed by atoms with van der Waals surface area (Å²) in [5, 5.41) is 19.8. The average Bonchev–Trinajstić information content (AvgIpc) is 4.03. The molecule has 0 aliphatic carbocycles. The Morgan fingerprint density at radius 2 is 0.589 bits per heavy atom. The van der Waals surface area contributed by atoms with Crippen molar-refractivity contribution in [3.05, 3.63) is 72.9 Å². The number of amides is 8. The molecule has 1 aliphatic rings. The predicted molar refractivity (Wildman–Crippen MR) is 189 cm³/mol. The van der Waals surface area contributed by atoms with Crippen LogP contribution in [0.3, 0.4) is 0 Å². The maximum absolute atomic E-state index is 13.3. The van der Waals surface area contributed by atoms with Gasteiger partial charge in [0, 0.05) is 73.2 Å². The Hall–Kier alpha value is -7.40. The molecule has 56 heavy (non-hydrogen) atoms. The Morgan fingerprint density at radius 1 is 0.375 bits per heavy atom. The molecule has 24 heteroatoms. The number of nitrogens with zero attached hydrogens (tertiary/aromatic N) is 4. The summed E-state index contributed by atoms with van der Waals surface area (Å²) in [5.74, 6) is -6.21. The van der Waals surface area contributed by atoms with Gasteiger partial charge in [0.1, 0.15) is 24.2 Å². The topological polar surface area (TPSA) is 348 Å². The fourth-order valence-electron chi connectivity index (χ4n) is 5.45. The molecule has 0 spiro atoms. The van der Waals surface area contributed by atoms with E-state index in [1.54, 1.807) is 0 Å². The van der Waals surface area contributed by atoms with Gasteiger partial charge in [-0.2, -0.15) is 0 Å². The third-order valence-electron chi connectivity index (χ3n) is 8.22. The third kappa shape index (κ3) is 12.3. The van der Waals surface area contributed by atoms with Crippen LogP contribution in [-0.2, 0) is 64.0 Å². The van der Waals surface area contributed by atoms with Gasteiger partial charge in [0.25, 0.3) is 0 Å². The van der Waals surface area contributed by atoms with Crippen LogP contribution < -0.4 is 42.5 Å². The number of imidazole rings is 4. The van der Waals surface area contributed by atoms with Gasteiger partial charge in [0.05, 0.1) is 51.5 Å². The molecule has 4 atom stereocenters. The van der Waals surface area contributed by atoms with Crippen molar-refractivity contribution in [2.45, 2.75) is 49.9 Å². The molecule has 0 radical (unpaired) electrons. The number of H-pyrrole nitrogens is 4. The molecular weight excluding hydrogens is 736 g/mol. The Morgan fingerprint density at radius 3 is 0.768 bits per heavy atom. The number of carbonyl (C=O) groups excluding carboxylic acids is 8. The van der Waals surface area contributed by atoms with Crippen LogP contribution in [0.4, 0.5) is 0 Å². The minimum absolute atomic E-state index is 0.0764. The highest BCUT2D eigenvalue weighted by atomic mass is 16.2. The normalized spacial score (nSPS) is 21.6. The molecule has 0 saturated carbocycles.